The van der Waals surface area contributed by atoms with Crippen molar-refractivity contribution < 1.29 is 32.9 Å². The Hall–Kier alpha value is -1.28. The molecule has 0 saturated heterocycles. The number of allylic oxidation sites excluding steroid dienone is 5. The zero-order valence-corrected chi connectivity index (χ0v) is 44.6. The fraction of sp³-hybridized carbons (Fsp3) is 0.875. The Balaban J connectivity index is 4.26. The second kappa shape index (κ2) is 47.8. The molecular weight excluding hydrogens is 828 g/mol. The number of nitrogens with zero attached hydrogens (tertiary/aromatic N) is 1. The van der Waals surface area contributed by atoms with Crippen molar-refractivity contribution in [1.82, 2.24) is 5.32 Å². The Bertz CT molecular complexity index is 1150. The number of unbranched alkanes of at least 4 members (excludes halogenated alkanes) is 34. The van der Waals surface area contributed by atoms with E-state index >= 15 is 0 Å². The van der Waals surface area contributed by atoms with Gasteiger partial charge in [0.15, 0.2) is 0 Å². The number of hydrogen-bond acceptors (Lipinski definition) is 5. The van der Waals surface area contributed by atoms with Gasteiger partial charge in [0.05, 0.1) is 39.9 Å². The van der Waals surface area contributed by atoms with Crippen LogP contribution < -0.4 is 5.32 Å². The van der Waals surface area contributed by atoms with E-state index in [0.29, 0.717) is 17.4 Å². The van der Waals surface area contributed by atoms with Gasteiger partial charge in [0.2, 0.25) is 5.91 Å². The summed E-state index contributed by atoms with van der Waals surface area (Å²) < 4.78 is 23.7. The molecule has 0 rings (SSSR count). The highest BCUT2D eigenvalue weighted by Gasteiger charge is 2.27. The molecule has 0 aliphatic heterocycles. The number of aliphatic hydroxyl groups is 1. The van der Waals surface area contributed by atoms with E-state index in [9.17, 15) is 19.4 Å². The molecule has 1 amide bonds. The van der Waals surface area contributed by atoms with Crippen LogP contribution in [-0.2, 0) is 18.4 Å². The number of carbonyl (C=O) groups is 1. The summed E-state index contributed by atoms with van der Waals surface area (Å²) >= 11 is 0. The second-order valence-electron chi connectivity index (χ2n) is 20.3. The number of hydrogen-bond donors (Lipinski definition) is 3. The van der Waals surface area contributed by atoms with Crippen molar-refractivity contribution >= 4 is 13.7 Å². The molecule has 0 aliphatic rings. The van der Waals surface area contributed by atoms with Crippen molar-refractivity contribution in [1.29, 1.82) is 0 Å². The summed E-state index contributed by atoms with van der Waals surface area (Å²) in [6, 6.07) is -0.867. The van der Waals surface area contributed by atoms with Gasteiger partial charge in [-0.2, -0.15) is 0 Å². The van der Waals surface area contributed by atoms with Crippen LogP contribution in [0.5, 0.6) is 0 Å². The first kappa shape index (κ1) is 63.7. The van der Waals surface area contributed by atoms with Crippen molar-refractivity contribution in [2.75, 3.05) is 40.9 Å². The van der Waals surface area contributed by atoms with E-state index in [1.165, 1.54) is 199 Å². The first-order valence-electron chi connectivity index (χ1n) is 27.9. The van der Waals surface area contributed by atoms with Crippen LogP contribution in [0.2, 0.25) is 0 Å². The summed E-state index contributed by atoms with van der Waals surface area (Å²) in [6.45, 7) is 4.82. The Morgan fingerprint density at radius 1 is 0.508 bits per heavy atom. The number of phosphoric acid groups is 1. The Morgan fingerprint density at radius 3 is 1.23 bits per heavy atom. The highest BCUT2D eigenvalue weighted by Crippen LogP contribution is 2.43. The van der Waals surface area contributed by atoms with Gasteiger partial charge in [-0.15, -0.1) is 0 Å². The topological polar surface area (TPSA) is 105 Å². The molecule has 0 fully saturated rings. The summed E-state index contributed by atoms with van der Waals surface area (Å²) in [5, 5.41) is 13.9. The molecular formula is C56H110N2O6P+. The summed E-state index contributed by atoms with van der Waals surface area (Å²) in [4.78, 5) is 23.3. The van der Waals surface area contributed by atoms with Crippen LogP contribution in [0, 0.1) is 0 Å². The lowest BCUT2D eigenvalue weighted by atomic mass is 10.0. The molecule has 0 aromatic heterocycles. The first-order valence-corrected chi connectivity index (χ1v) is 29.4. The average molecular weight is 938 g/mol. The maximum absolute atomic E-state index is 13.0. The highest BCUT2D eigenvalue weighted by molar-refractivity contribution is 7.47. The lowest BCUT2D eigenvalue weighted by Crippen LogP contribution is -2.45. The number of phosphoric ester groups is 1. The van der Waals surface area contributed by atoms with Crippen LogP contribution in [-0.4, -0.2) is 73.4 Å². The number of rotatable bonds is 51. The zero-order chi connectivity index (χ0) is 47.8. The van der Waals surface area contributed by atoms with E-state index in [2.05, 4.69) is 43.5 Å². The maximum Gasteiger partial charge on any atom is 0.472 e. The van der Waals surface area contributed by atoms with E-state index < -0.39 is 20.0 Å². The monoisotopic (exact) mass is 938 g/mol. The van der Waals surface area contributed by atoms with Crippen molar-refractivity contribution in [3.8, 4) is 0 Å². The van der Waals surface area contributed by atoms with Gasteiger partial charge in [-0.1, -0.05) is 249 Å². The number of aliphatic hydroxyl groups excluding tert-OH is 1. The quantitative estimate of drug-likeness (QED) is 0.0243. The van der Waals surface area contributed by atoms with Gasteiger partial charge in [-0.3, -0.25) is 13.8 Å². The van der Waals surface area contributed by atoms with Gasteiger partial charge < -0.3 is 19.8 Å². The van der Waals surface area contributed by atoms with Crippen molar-refractivity contribution in [2.45, 2.75) is 276 Å². The predicted molar refractivity (Wildman–Crippen MR) is 281 cm³/mol. The SMILES string of the molecule is CCCCCCCCCCC/C=C/CC/C=C/CC/C=C/C(O)C(COP(=O)(O)OCC[N+](C)(C)C)NC(=O)CCCCCCCCCCCCCCCCCCCCCCCCCC. The van der Waals surface area contributed by atoms with Crippen molar-refractivity contribution in [2.24, 2.45) is 0 Å². The van der Waals surface area contributed by atoms with E-state index in [1.54, 1.807) is 6.08 Å². The van der Waals surface area contributed by atoms with Gasteiger partial charge in [-0.05, 0) is 44.9 Å². The van der Waals surface area contributed by atoms with Crippen LogP contribution in [0.3, 0.4) is 0 Å². The number of amides is 1. The van der Waals surface area contributed by atoms with Gasteiger partial charge in [0, 0.05) is 6.42 Å². The zero-order valence-electron chi connectivity index (χ0n) is 43.7. The van der Waals surface area contributed by atoms with Gasteiger partial charge in [0.1, 0.15) is 13.2 Å². The Labute approximate surface area is 404 Å². The Morgan fingerprint density at radius 2 is 0.846 bits per heavy atom. The molecule has 0 aromatic rings. The smallest absolute Gasteiger partial charge is 0.387 e. The van der Waals surface area contributed by atoms with E-state index in [4.69, 9.17) is 9.05 Å². The number of carbonyl (C=O) groups excluding carboxylic acids is 1. The molecule has 0 heterocycles. The van der Waals surface area contributed by atoms with E-state index in [-0.39, 0.29) is 19.1 Å². The maximum atomic E-state index is 13.0. The van der Waals surface area contributed by atoms with Crippen LogP contribution >= 0.6 is 7.82 Å². The number of likely N-dealkylation sites (N-methyl/N-ethyl adjacent to an activating group) is 1. The molecule has 8 nitrogen and oxygen atoms in total. The minimum atomic E-state index is -4.35. The molecule has 0 radical (unpaired) electrons. The van der Waals surface area contributed by atoms with E-state index in [1.807, 2.05) is 27.2 Å². The molecule has 3 unspecified atom stereocenters. The van der Waals surface area contributed by atoms with E-state index in [0.717, 1.165) is 44.9 Å². The number of nitrogens with one attached hydrogen (secondary N) is 1. The van der Waals surface area contributed by atoms with Crippen molar-refractivity contribution in [3.63, 3.8) is 0 Å². The highest BCUT2D eigenvalue weighted by atomic mass is 31.2. The minimum absolute atomic E-state index is 0.0550. The first-order chi connectivity index (χ1) is 31.5. The molecule has 65 heavy (non-hydrogen) atoms. The molecule has 3 N–H and O–H groups in total. The molecule has 3 atom stereocenters. The van der Waals surface area contributed by atoms with Crippen LogP contribution in [0.25, 0.3) is 0 Å². The van der Waals surface area contributed by atoms with Gasteiger partial charge >= 0.3 is 7.82 Å². The minimum Gasteiger partial charge on any atom is -0.387 e. The molecule has 384 valence electrons. The standard InChI is InChI=1S/C56H109N2O6P/c1-6-8-10-12-14-16-18-20-22-24-26-27-28-29-30-32-34-36-38-40-42-44-46-48-50-56(60)57-54(53-64-65(61,62)63-52-51-58(3,4)5)55(59)49-47-45-43-41-39-37-35-33-31-25-23-21-19-17-15-13-11-9-7-2/h31,33,39,41,47,49,54-55,59H,6-30,32,34-38,40,42-46,48,50-53H2,1-5H3,(H-,57,60,61,62)/p+1/b33-31+,41-39+,49-47+. The Kier molecular flexibility index (Phi) is 46.8. The summed E-state index contributed by atoms with van der Waals surface area (Å²) in [6.07, 6.45) is 61.0. The average Bonchev–Trinajstić information content (AvgIpc) is 3.26. The third-order valence-corrected chi connectivity index (χ3v) is 13.6. The fourth-order valence-electron chi connectivity index (χ4n) is 8.19. The van der Waals surface area contributed by atoms with Gasteiger partial charge in [-0.25, -0.2) is 4.57 Å². The number of quaternary nitrogens is 1. The van der Waals surface area contributed by atoms with Crippen LogP contribution in [0.1, 0.15) is 264 Å². The lowest BCUT2D eigenvalue weighted by Gasteiger charge is -2.25. The van der Waals surface area contributed by atoms with Crippen LogP contribution in [0.15, 0.2) is 36.5 Å². The molecule has 0 aromatic carbocycles. The van der Waals surface area contributed by atoms with Gasteiger partial charge in [0.25, 0.3) is 0 Å². The summed E-state index contributed by atoms with van der Waals surface area (Å²) in [5.41, 5.74) is 0. The lowest BCUT2D eigenvalue weighted by molar-refractivity contribution is -0.870. The third-order valence-electron chi connectivity index (χ3n) is 12.6. The molecule has 0 aliphatic carbocycles. The molecule has 9 heteroatoms. The normalized spacial score (nSPS) is 14.3. The fourth-order valence-corrected chi connectivity index (χ4v) is 8.93. The second-order valence-corrected chi connectivity index (χ2v) is 21.8. The van der Waals surface area contributed by atoms with Crippen LogP contribution in [0.4, 0.5) is 0 Å². The van der Waals surface area contributed by atoms with Crippen molar-refractivity contribution in [3.05, 3.63) is 36.5 Å². The molecule has 0 bridgehead atoms. The molecule has 0 spiro atoms. The summed E-state index contributed by atoms with van der Waals surface area (Å²) in [7, 11) is 1.56. The third kappa shape index (κ3) is 50.4. The molecule has 0 saturated carbocycles. The predicted octanol–water partition coefficient (Wildman–Crippen LogP) is 16.6. The largest absolute Gasteiger partial charge is 0.472 e. The summed E-state index contributed by atoms with van der Waals surface area (Å²) in [5.74, 6) is -0.186.